The number of phenols is 2. The Morgan fingerprint density at radius 2 is 1.47 bits per heavy atom. The second-order valence-electron chi connectivity index (χ2n) is 3.98. The number of carboxylic acids is 1. The summed E-state index contributed by atoms with van der Waals surface area (Å²) in [6, 6.07) is 13.8. The Labute approximate surface area is 111 Å². The molecule has 4 nitrogen and oxygen atoms in total. The topological polar surface area (TPSA) is 77.8 Å². The molecule has 0 unspecified atom stereocenters. The highest BCUT2D eigenvalue weighted by Gasteiger charge is 1.97. The van der Waals surface area contributed by atoms with Crippen LogP contribution in [0.15, 0.2) is 48.5 Å². The van der Waals surface area contributed by atoms with E-state index < -0.39 is 5.97 Å². The molecule has 19 heavy (non-hydrogen) atoms. The van der Waals surface area contributed by atoms with Gasteiger partial charge in [0.25, 0.3) is 0 Å². The molecule has 0 bridgehead atoms. The lowest BCUT2D eigenvalue weighted by molar-refractivity contribution is -0.136. The van der Waals surface area contributed by atoms with Gasteiger partial charge < -0.3 is 15.3 Å². The number of rotatable bonds is 2. The molecule has 3 N–H and O–H groups in total. The molecule has 0 saturated carbocycles. The van der Waals surface area contributed by atoms with Gasteiger partial charge in [0.1, 0.15) is 11.5 Å². The number of carboxylic acid groups (broad SMARTS) is 1. The smallest absolute Gasteiger partial charge is 0.307 e. The summed E-state index contributed by atoms with van der Waals surface area (Å²) in [5, 5.41) is 26.2. The normalized spacial score (nSPS) is 9.32. The first-order valence-electron chi connectivity index (χ1n) is 5.74. The fourth-order valence-corrected chi connectivity index (χ4v) is 1.38. The van der Waals surface area contributed by atoms with Gasteiger partial charge in [0.05, 0.1) is 6.42 Å². The maximum absolute atomic E-state index is 10.2. The number of carbonyl (C=O) groups is 1. The molecule has 0 radical (unpaired) electrons. The zero-order valence-electron chi connectivity index (χ0n) is 10.6. The van der Waals surface area contributed by atoms with E-state index in [0.29, 0.717) is 5.56 Å². The number of aromatic hydroxyl groups is 2. The van der Waals surface area contributed by atoms with Crippen LogP contribution in [0.2, 0.25) is 0 Å². The van der Waals surface area contributed by atoms with Gasteiger partial charge in [0.2, 0.25) is 0 Å². The zero-order chi connectivity index (χ0) is 14.3. The number of aliphatic carboxylic acids is 1. The van der Waals surface area contributed by atoms with Crippen molar-refractivity contribution in [2.45, 2.75) is 13.3 Å². The average Bonchev–Trinajstić information content (AvgIpc) is 2.37. The van der Waals surface area contributed by atoms with Crippen LogP contribution in [0, 0.1) is 6.92 Å². The SMILES string of the molecule is Cc1c(O)cccc1O.O=C(O)Cc1ccccc1. The van der Waals surface area contributed by atoms with Crippen molar-refractivity contribution in [2.24, 2.45) is 0 Å². The predicted molar refractivity (Wildman–Crippen MR) is 72.3 cm³/mol. The summed E-state index contributed by atoms with van der Waals surface area (Å²) in [7, 11) is 0. The quantitative estimate of drug-likeness (QED) is 0.775. The largest absolute Gasteiger partial charge is 0.508 e. The lowest BCUT2D eigenvalue weighted by Gasteiger charge is -1.98. The maximum Gasteiger partial charge on any atom is 0.307 e. The van der Waals surface area contributed by atoms with E-state index in [1.807, 2.05) is 18.2 Å². The first-order chi connectivity index (χ1) is 9.00. The van der Waals surface area contributed by atoms with E-state index in [9.17, 15) is 4.79 Å². The summed E-state index contributed by atoms with van der Waals surface area (Å²) in [4.78, 5) is 10.2. The molecule has 0 aliphatic carbocycles. The van der Waals surface area contributed by atoms with E-state index in [4.69, 9.17) is 15.3 Å². The summed E-state index contributed by atoms with van der Waals surface area (Å²) in [5.74, 6) is -0.517. The molecule has 2 aromatic rings. The van der Waals surface area contributed by atoms with Gasteiger partial charge in [0.15, 0.2) is 0 Å². The van der Waals surface area contributed by atoms with E-state index >= 15 is 0 Å². The summed E-state index contributed by atoms with van der Waals surface area (Å²) in [6.45, 7) is 1.66. The lowest BCUT2D eigenvalue weighted by Crippen LogP contribution is -1.98. The van der Waals surface area contributed by atoms with Crippen molar-refractivity contribution >= 4 is 5.97 Å². The van der Waals surface area contributed by atoms with Crippen LogP contribution in [0.4, 0.5) is 0 Å². The predicted octanol–water partition coefficient (Wildman–Crippen LogP) is 2.72. The van der Waals surface area contributed by atoms with Gasteiger partial charge in [0, 0.05) is 5.56 Å². The van der Waals surface area contributed by atoms with Crippen molar-refractivity contribution in [3.05, 3.63) is 59.7 Å². The molecule has 0 aliphatic rings. The first kappa shape index (κ1) is 14.6. The van der Waals surface area contributed by atoms with E-state index in [1.54, 1.807) is 25.1 Å². The van der Waals surface area contributed by atoms with Crippen molar-refractivity contribution in [3.8, 4) is 11.5 Å². The summed E-state index contributed by atoms with van der Waals surface area (Å²) in [5.41, 5.74) is 1.37. The standard InChI is InChI=1S/C8H8O2.C7H8O2/c9-8(10)6-7-4-2-1-3-5-7;1-5-6(8)3-2-4-7(5)9/h1-5H,6H2,(H,9,10);2-4,8-9H,1H3. The molecule has 100 valence electrons. The van der Waals surface area contributed by atoms with Gasteiger partial charge >= 0.3 is 5.97 Å². The molecule has 0 aliphatic heterocycles. The van der Waals surface area contributed by atoms with Gasteiger partial charge in [-0.3, -0.25) is 4.79 Å². The first-order valence-corrected chi connectivity index (χ1v) is 5.74. The van der Waals surface area contributed by atoms with Crippen molar-refractivity contribution in [1.29, 1.82) is 0 Å². The molecule has 0 amide bonds. The van der Waals surface area contributed by atoms with Crippen LogP contribution in [-0.2, 0) is 11.2 Å². The lowest BCUT2D eigenvalue weighted by atomic mass is 10.2. The molecular weight excluding hydrogens is 244 g/mol. The van der Waals surface area contributed by atoms with Gasteiger partial charge in [-0.1, -0.05) is 36.4 Å². The van der Waals surface area contributed by atoms with Gasteiger partial charge in [-0.2, -0.15) is 0 Å². The fraction of sp³-hybridized carbons (Fsp3) is 0.133. The molecular formula is C15H16O4. The molecule has 2 aromatic carbocycles. The van der Waals surface area contributed by atoms with Gasteiger partial charge in [-0.25, -0.2) is 0 Å². The number of hydrogen-bond donors (Lipinski definition) is 3. The Kier molecular flexibility index (Phi) is 5.41. The molecule has 4 heteroatoms. The average molecular weight is 260 g/mol. The second kappa shape index (κ2) is 7.06. The molecule has 2 rings (SSSR count). The van der Waals surface area contributed by atoms with Crippen LogP contribution in [0.1, 0.15) is 11.1 Å². The molecule has 0 saturated heterocycles. The highest BCUT2D eigenvalue weighted by atomic mass is 16.4. The molecule has 0 heterocycles. The number of hydrogen-bond acceptors (Lipinski definition) is 3. The number of phenolic OH excluding ortho intramolecular Hbond substituents is 2. The minimum Gasteiger partial charge on any atom is -0.508 e. The number of benzene rings is 2. The minimum atomic E-state index is -0.786. The Morgan fingerprint density at radius 1 is 0.947 bits per heavy atom. The highest BCUT2D eigenvalue weighted by molar-refractivity contribution is 5.70. The van der Waals surface area contributed by atoms with Gasteiger partial charge in [-0.15, -0.1) is 0 Å². The Balaban J connectivity index is 0.000000191. The minimum absolute atomic E-state index is 0.112. The van der Waals surface area contributed by atoms with Crippen molar-refractivity contribution in [3.63, 3.8) is 0 Å². The Morgan fingerprint density at radius 3 is 1.89 bits per heavy atom. The third-order valence-corrected chi connectivity index (χ3v) is 2.47. The molecule has 0 atom stereocenters. The summed E-state index contributed by atoms with van der Waals surface area (Å²) < 4.78 is 0. The highest BCUT2D eigenvalue weighted by Crippen LogP contribution is 2.23. The van der Waals surface area contributed by atoms with Crippen molar-refractivity contribution in [1.82, 2.24) is 0 Å². The third-order valence-electron chi connectivity index (χ3n) is 2.47. The summed E-state index contributed by atoms with van der Waals surface area (Å²) >= 11 is 0. The third kappa shape index (κ3) is 5.12. The zero-order valence-corrected chi connectivity index (χ0v) is 10.6. The van der Waals surface area contributed by atoms with Crippen LogP contribution in [0.5, 0.6) is 11.5 Å². The monoisotopic (exact) mass is 260 g/mol. The second-order valence-corrected chi connectivity index (χ2v) is 3.98. The van der Waals surface area contributed by atoms with Crippen LogP contribution in [0.25, 0.3) is 0 Å². The van der Waals surface area contributed by atoms with Crippen molar-refractivity contribution in [2.75, 3.05) is 0 Å². The van der Waals surface area contributed by atoms with E-state index in [2.05, 4.69) is 0 Å². The molecule has 0 spiro atoms. The van der Waals surface area contributed by atoms with Crippen LogP contribution in [-0.4, -0.2) is 21.3 Å². The Bertz CT molecular complexity index is 515. The molecule has 0 fully saturated rings. The van der Waals surface area contributed by atoms with Crippen LogP contribution >= 0.6 is 0 Å². The van der Waals surface area contributed by atoms with E-state index in [0.717, 1.165) is 5.56 Å². The molecule has 0 aromatic heterocycles. The maximum atomic E-state index is 10.2. The summed E-state index contributed by atoms with van der Waals surface area (Å²) in [6.07, 6.45) is 0.112. The van der Waals surface area contributed by atoms with Crippen LogP contribution < -0.4 is 0 Å². The Hall–Kier alpha value is -2.49. The van der Waals surface area contributed by atoms with E-state index in [-0.39, 0.29) is 17.9 Å². The van der Waals surface area contributed by atoms with Gasteiger partial charge in [-0.05, 0) is 24.6 Å². The van der Waals surface area contributed by atoms with Crippen molar-refractivity contribution < 1.29 is 20.1 Å². The van der Waals surface area contributed by atoms with E-state index in [1.165, 1.54) is 12.1 Å². The fourth-order valence-electron chi connectivity index (χ4n) is 1.38. The van der Waals surface area contributed by atoms with Crippen LogP contribution in [0.3, 0.4) is 0 Å².